The first-order chi connectivity index (χ1) is 11.6. The van der Waals surface area contributed by atoms with Crippen molar-refractivity contribution in [3.63, 3.8) is 0 Å². The lowest BCUT2D eigenvalue weighted by atomic mass is 10.0. The Balaban J connectivity index is 1.56. The second-order valence-electron chi connectivity index (χ2n) is 6.43. The van der Waals surface area contributed by atoms with Gasteiger partial charge in [-0.25, -0.2) is 0 Å². The Morgan fingerprint density at radius 1 is 1.29 bits per heavy atom. The predicted octanol–water partition coefficient (Wildman–Crippen LogP) is 0.664. The summed E-state index contributed by atoms with van der Waals surface area (Å²) >= 11 is 0. The highest BCUT2D eigenvalue weighted by atomic mass is 16.5. The number of ether oxygens (including phenoxy) is 1. The molecule has 0 radical (unpaired) electrons. The lowest BCUT2D eigenvalue weighted by Gasteiger charge is -2.21. The number of benzene rings is 1. The van der Waals surface area contributed by atoms with Gasteiger partial charge in [0.25, 0.3) is 0 Å². The lowest BCUT2D eigenvalue weighted by molar-refractivity contribution is -0.133. The molecule has 0 bridgehead atoms. The van der Waals surface area contributed by atoms with Crippen LogP contribution in [0.5, 0.6) is 0 Å². The highest BCUT2D eigenvalue weighted by Crippen LogP contribution is 2.32. The quantitative estimate of drug-likeness (QED) is 0.796. The average molecular weight is 327 g/mol. The molecule has 2 aliphatic rings. The van der Waals surface area contributed by atoms with Gasteiger partial charge in [0.05, 0.1) is 30.6 Å². The van der Waals surface area contributed by atoms with Crippen LogP contribution in [0.1, 0.15) is 11.1 Å². The largest absolute Gasteiger partial charge is 0.383 e. The van der Waals surface area contributed by atoms with E-state index in [-0.39, 0.29) is 23.7 Å². The maximum atomic E-state index is 12.5. The number of hydrogen-bond acceptors (Lipinski definition) is 4. The average Bonchev–Trinajstić information content (AvgIpc) is 3.13. The minimum absolute atomic E-state index is 0.0466. The number of fused-ring (bicyclic) bond motifs is 1. The van der Waals surface area contributed by atoms with Crippen molar-refractivity contribution in [2.75, 3.05) is 39.9 Å². The molecule has 2 heterocycles. The van der Waals surface area contributed by atoms with E-state index in [1.54, 1.807) is 24.1 Å². The molecule has 2 amide bonds. The van der Waals surface area contributed by atoms with Gasteiger partial charge in [-0.05, 0) is 17.7 Å². The van der Waals surface area contributed by atoms with Gasteiger partial charge in [-0.3, -0.25) is 9.59 Å². The fourth-order valence-corrected chi connectivity index (χ4v) is 3.53. The molecule has 0 N–H and O–H groups in total. The van der Waals surface area contributed by atoms with Crippen LogP contribution in [0, 0.1) is 23.2 Å². The fourth-order valence-electron chi connectivity index (χ4n) is 3.53. The number of methoxy groups -OCH3 is 1. The van der Waals surface area contributed by atoms with E-state index in [0.717, 1.165) is 5.56 Å². The summed E-state index contributed by atoms with van der Waals surface area (Å²) in [5, 5.41) is 8.81. The standard InChI is InChI=1S/C18H21N3O3/c1-24-7-6-20-10-15-11-21(12-16(15)18(20)23)17(22)8-13-2-4-14(9-19)5-3-13/h2-5,15-16H,6-8,10-12H2,1H3/t15-,16+/m1/s1. The van der Waals surface area contributed by atoms with E-state index in [1.165, 1.54) is 0 Å². The number of nitrogens with zero attached hydrogens (tertiary/aromatic N) is 3. The minimum atomic E-state index is -0.0632. The molecule has 0 aliphatic carbocycles. The summed E-state index contributed by atoms with van der Waals surface area (Å²) < 4.78 is 5.04. The predicted molar refractivity (Wildman–Crippen MR) is 86.9 cm³/mol. The number of nitriles is 1. The van der Waals surface area contributed by atoms with Crippen molar-refractivity contribution in [1.82, 2.24) is 9.80 Å². The second-order valence-corrected chi connectivity index (χ2v) is 6.43. The van der Waals surface area contributed by atoms with Crippen LogP contribution < -0.4 is 0 Å². The van der Waals surface area contributed by atoms with Crippen molar-refractivity contribution in [1.29, 1.82) is 5.26 Å². The molecular weight excluding hydrogens is 306 g/mol. The summed E-state index contributed by atoms with van der Waals surface area (Å²) in [5.74, 6) is 0.363. The van der Waals surface area contributed by atoms with Crippen molar-refractivity contribution in [2.45, 2.75) is 6.42 Å². The molecule has 0 unspecified atom stereocenters. The molecule has 24 heavy (non-hydrogen) atoms. The van der Waals surface area contributed by atoms with Gasteiger partial charge in [-0.15, -0.1) is 0 Å². The van der Waals surface area contributed by atoms with E-state index in [4.69, 9.17) is 10.00 Å². The Morgan fingerprint density at radius 2 is 2.04 bits per heavy atom. The Labute approximate surface area is 141 Å². The Morgan fingerprint density at radius 3 is 2.67 bits per heavy atom. The number of amides is 2. The third-order valence-electron chi connectivity index (χ3n) is 4.88. The van der Waals surface area contributed by atoms with Crippen molar-refractivity contribution in [3.05, 3.63) is 35.4 Å². The van der Waals surface area contributed by atoms with E-state index in [9.17, 15) is 9.59 Å². The van der Waals surface area contributed by atoms with E-state index in [2.05, 4.69) is 6.07 Å². The number of likely N-dealkylation sites (tertiary alicyclic amines) is 2. The zero-order valence-corrected chi connectivity index (χ0v) is 13.8. The highest BCUT2D eigenvalue weighted by molar-refractivity contribution is 5.85. The van der Waals surface area contributed by atoms with Crippen LogP contribution in [0.15, 0.2) is 24.3 Å². The molecule has 1 aromatic carbocycles. The van der Waals surface area contributed by atoms with Crippen molar-refractivity contribution in [3.8, 4) is 6.07 Å². The van der Waals surface area contributed by atoms with Crippen LogP contribution in [0.25, 0.3) is 0 Å². The van der Waals surface area contributed by atoms with Crippen molar-refractivity contribution >= 4 is 11.8 Å². The fraction of sp³-hybridized carbons (Fsp3) is 0.500. The summed E-state index contributed by atoms with van der Waals surface area (Å²) in [6, 6.07) is 9.13. The highest BCUT2D eigenvalue weighted by Gasteiger charge is 2.46. The summed E-state index contributed by atoms with van der Waals surface area (Å²) in [7, 11) is 1.63. The lowest BCUT2D eigenvalue weighted by Crippen LogP contribution is -2.37. The Kier molecular flexibility index (Phi) is 4.81. The Bertz CT molecular complexity index is 665. The SMILES string of the molecule is COCCN1C[C@@H]2CN(C(=O)Cc3ccc(C#N)cc3)C[C@@H]2C1=O. The summed E-state index contributed by atoms with van der Waals surface area (Å²) in [6.45, 7) is 3.05. The number of carbonyl (C=O) groups excluding carboxylic acids is 2. The molecule has 0 aromatic heterocycles. The number of carbonyl (C=O) groups is 2. The Hall–Kier alpha value is -2.39. The number of hydrogen-bond donors (Lipinski definition) is 0. The molecule has 2 fully saturated rings. The molecule has 126 valence electrons. The first kappa shape index (κ1) is 16.5. The van der Waals surface area contributed by atoms with Crippen LogP contribution in [-0.4, -0.2) is 61.5 Å². The zero-order valence-electron chi connectivity index (χ0n) is 13.8. The molecule has 6 heteroatoms. The van der Waals surface area contributed by atoms with Crippen molar-refractivity contribution in [2.24, 2.45) is 11.8 Å². The van der Waals surface area contributed by atoms with Gasteiger partial charge in [0.15, 0.2) is 0 Å². The monoisotopic (exact) mass is 327 g/mol. The van der Waals surface area contributed by atoms with Gasteiger partial charge in [0.1, 0.15) is 0 Å². The zero-order chi connectivity index (χ0) is 17.1. The van der Waals surface area contributed by atoms with Gasteiger partial charge < -0.3 is 14.5 Å². The van der Waals surface area contributed by atoms with Gasteiger partial charge in [-0.1, -0.05) is 12.1 Å². The third-order valence-corrected chi connectivity index (χ3v) is 4.88. The van der Waals surface area contributed by atoms with Crippen LogP contribution in [0.4, 0.5) is 0 Å². The first-order valence-corrected chi connectivity index (χ1v) is 8.17. The smallest absolute Gasteiger partial charge is 0.227 e. The molecule has 1 aromatic rings. The topological polar surface area (TPSA) is 73.6 Å². The van der Waals surface area contributed by atoms with Gasteiger partial charge >= 0.3 is 0 Å². The van der Waals surface area contributed by atoms with Gasteiger partial charge in [-0.2, -0.15) is 5.26 Å². The molecule has 0 saturated carbocycles. The van der Waals surface area contributed by atoms with E-state index in [0.29, 0.717) is 44.8 Å². The van der Waals surface area contributed by atoms with E-state index < -0.39 is 0 Å². The van der Waals surface area contributed by atoms with E-state index >= 15 is 0 Å². The molecule has 0 spiro atoms. The molecule has 2 aliphatic heterocycles. The molecule has 2 atom stereocenters. The third kappa shape index (κ3) is 3.26. The second kappa shape index (κ2) is 7.02. The van der Waals surface area contributed by atoms with Crippen LogP contribution in [0.3, 0.4) is 0 Å². The summed E-state index contributed by atoms with van der Waals surface area (Å²) in [4.78, 5) is 28.5. The van der Waals surface area contributed by atoms with Gasteiger partial charge in [0.2, 0.25) is 11.8 Å². The van der Waals surface area contributed by atoms with Crippen molar-refractivity contribution < 1.29 is 14.3 Å². The van der Waals surface area contributed by atoms with Crippen LogP contribution >= 0.6 is 0 Å². The molecule has 3 rings (SSSR count). The molecule has 2 saturated heterocycles. The maximum Gasteiger partial charge on any atom is 0.227 e. The molecular formula is C18H21N3O3. The molecule has 6 nitrogen and oxygen atoms in total. The summed E-state index contributed by atoms with van der Waals surface area (Å²) in [5.41, 5.74) is 1.48. The van der Waals surface area contributed by atoms with Crippen LogP contribution in [-0.2, 0) is 20.7 Å². The number of rotatable bonds is 5. The van der Waals surface area contributed by atoms with Gasteiger partial charge in [0, 0.05) is 39.2 Å². The van der Waals surface area contributed by atoms with E-state index in [1.807, 2.05) is 17.0 Å². The first-order valence-electron chi connectivity index (χ1n) is 8.17. The normalized spacial score (nSPS) is 22.6. The van der Waals surface area contributed by atoms with Crippen LogP contribution in [0.2, 0.25) is 0 Å². The summed E-state index contributed by atoms with van der Waals surface area (Å²) in [6.07, 6.45) is 0.312. The minimum Gasteiger partial charge on any atom is -0.383 e. The maximum absolute atomic E-state index is 12.5.